The van der Waals surface area contributed by atoms with E-state index < -0.39 is 0 Å². The van der Waals surface area contributed by atoms with Crippen molar-refractivity contribution in [3.05, 3.63) is 102 Å². The van der Waals surface area contributed by atoms with Crippen molar-refractivity contribution in [2.45, 2.75) is 25.3 Å². The van der Waals surface area contributed by atoms with Gasteiger partial charge >= 0.3 is 0 Å². The topological polar surface area (TPSA) is 63.6 Å². The monoisotopic (exact) mass is 397 g/mol. The number of rotatable bonds is 5. The molecule has 1 aliphatic carbocycles. The average Bonchev–Trinajstić information content (AvgIpc) is 3.27. The molecule has 1 aromatic carbocycles. The summed E-state index contributed by atoms with van der Waals surface area (Å²) in [5.41, 5.74) is 4.72. The highest BCUT2D eigenvalue weighted by molar-refractivity contribution is 5.61. The van der Waals surface area contributed by atoms with Crippen LogP contribution in [-0.4, -0.2) is 19.9 Å². The molecule has 0 amide bonds. The molecule has 0 bridgehead atoms. The van der Waals surface area contributed by atoms with E-state index in [1.807, 2.05) is 36.4 Å². The third kappa shape index (κ3) is 3.64. The van der Waals surface area contributed by atoms with Gasteiger partial charge in [0.15, 0.2) is 5.82 Å². The fourth-order valence-electron chi connectivity index (χ4n) is 3.88. The molecule has 0 saturated heterocycles. The van der Waals surface area contributed by atoms with Crippen LogP contribution >= 0.6 is 0 Å². The first kappa shape index (κ1) is 18.4. The normalized spacial score (nSPS) is 13.6. The van der Waals surface area contributed by atoms with Gasteiger partial charge in [-0.15, -0.1) is 0 Å². The summed E-state index contributed by atoms with van der Waals surface area (Å²) in [4.78, 5) is 18.3. The molecule has 3 heterocycles. The number of nitrogens with one attached hydrogen (secondary N) is 1. The van der Waals surface area contributed by atoms with Crippen molar-refractivity contribution in [1.82, 2.24) is 19.9 Å². The van der Waals surface area contributed by atoms with E-state index in [9.17, 15) is 4.39 Å². The molecule has 0 fully saturated rings. The number of aryl methyl sites for hydroxylation is 1. The SMILES string of the molecule is Fc1cccc(C(Nc2nc(-c3ccncc3)nc3c2CCC3)c2ccccn2)c1. The second-order valence-corrected chi connectivity index (χ2v) is 7.30. The molecular formula is C24H20FN5. The molecule has 3 aromatic heterocycles. The standard InChI is InChI=1S/C24H20FN5/c25-18-6-3-5-17(15-18)22(21-8-1-2-12-27-21)29-24-19-7-4-9-20(19)28-23(30-24)16-10-13-26-14-11-16/h1-3,5-6,8,10-15,22H,4,7,9H2,(H,28,29,30). The lowest BCUT2D eigenvalue weighted by molar-refractivity contribution is 0.624. The maximum absolute atomic E-state index is 14.0. The number of hydrogen-bond acceptors (Lipinski definition) is 5. The molecule has 30 heavy (non-hydrogen) atoms. The van der Waals surface area contributed by atoms with Gasteiger partial charge in [0, 0.05) is 35.4 Å². The summed E-state index contributed by atoms with van der Waals surface area (Å²) in [5, 5.41) is 3.55. The van der Waals surface area contributed by atoms with Gasteiger partial charge in [0.05, 0.1) is 11.7 Å². The number of nitrogens with zero attached hydrogens (tertiary/aromatic N) is 4. The number of benzene rings is 1. The third-order valence-corrected chi connectivity index (χ3v) is 5.32. The Kier molecular flexibility index (Phi) is 4.89. The van der Waals surface area contributed by atoms with Crippen LogP contribution in [0.15, 0.2) is 73.2 Å². The Bertz CT molecular complexity index is 1160. The zero-order valence-electron chi connectivity index (χ0n) is 16.3. The van der Waals surface area contributed by atoms with Gasteiger partial charge in [-0.25, -0.2) is 14.4 Å². The van der Waals surface area contributed by atoms with Crippen molar-refractivity contribution in [3.63, 3.8) is 0 Å². The number of aromatic nitrogens is 4. The van der Waals surface area contributed by atoms with Crippen molar-refractivity contribution < 1.29 is 4.39 Å². The van der Waals surface area contributed by atoms with Crippen LogP contribution in [0.3, 0.4) is 0 Å². The number of anilines is 1. The Hall–Kier alpha value is -3.67. The van der Waals surface area contributed by atoms with Gasteiger partial charge in [-0.2, -0.15) is 0 Å². The van der Waals surface area contributed by atoms with Crippen LogP contribution in [0.2, 0.25) is 0 Å². The molecule has 148 valence electrons. The molecule has 4 aromatic rings. The van der Waals surface area contributed by atoms with Gasteiger partial charge in [-0.05, 0) is 61.2 Å². The first-order valence-corrected chi connectivity index (χ1v) is 10.0. The first-order valence-electron chi connectivity index (χ1n) is 10.0. The van der Waals surface area contributed by atoms with Crippen LogP contribution < -0.4 is 5.32 Å². The molecule has 0 spiro atoms. The number of pyridine rings is 2. The Labute approximate surface area is 174 Å². The third-order valence-electron chi connectivity index (χ3n) is 5.32. The maximum atomic E-state index is 14.0. The first-order chi connectivity index (χ1) is 14.8. The molecular weight excluding hydrogens is 377 g/mol. The Balaban J connectivity index is 1.61. The summed E-state index contributed by atoms with van der Waals surface area (Å²) in [7, 11) is 0. The van der Waals surface area contributed by atoms with Crippen molar-refractivity contribution in [2.24, 2.45) is 0 Å². The summed E-state index contributed by atoms with van der Waals surface area (Å²) < 4.78 is 14.0. The van der Waals surface area contributed by atoms with Crippen LogP contribution in [0.5, 0.6) is 0 Å². The zero-order chi connectivity index (χ0) is 20.3. The summed E-state index contributed by atoms with van der Waals surface area (Å²) in [6, 6.07) is 15.8. The van der Waals surface area contributed by atoms with Crippen LogP contribution in [-0.2, 0) is 12.8 Å². The molecule has 0 saturated carbocycles. The molecule has 5 nitrogen and oxygen atoms in total. The molecule has 0 radical (unpaired) electrons. The van der Waals surface area contributed by atoms with Gasteiger partial charge in [0.2, 0.25) is 0 Å². The molecule has 6 heteroatoms. The highest BCUT2D eigenvalue weighted by Gasteiger charge is 2.24. The predicted octanol–water partition coefficient (Wildman–Crippen LogP) is 4.76. The molecule has 1 unspecified atom stereocenters. The lowest BCUT2D eigenvalue weighted by atomic mass is 10.0. The van der Waals surface area contributed by atoms with Crippen molar-refractivity contribution in [2.75, 3.05) is 5.32 Å². The van der Waals surface area contributed by atoms with E-state index in [1.165, 1.54) is 12.1 Å². The van der Waals surface area contributed by atoms with Crippen molar-refractivity contribution >= 4 is 5.82 Å². The van der Waals surface area contributed by atoms with E-state index in [1.54, 1.807) is 24.7 Å². The van der Waals surface area contributed by atoms with Crippen LogP contribution in [0.1, 0.15) is 35.0 Å². The molecule has 1 N–H and O–H groups in total. The van der Waals surface area contributed by atoms with E-state index >= 15 is 0 Å². The largest absolute Gasteiger partial charge is 0.357 e. The van der Waals surface area contributed by atoms with Crippen LogP contribution in [0.25, 0.3) is 11.4 Å². The van der Waals surface area contributed by atoms with Gasteiger partial charge in [-0.1, -0.05) is 18.2 Å². The summed E-state index contributed by atoms with van der Waals surface area (Å²) in [6.07, 6.45) is 8.12. The van der Waals surface area contributed by atoms with E-state index in [0.717, 1.165) is 53.2 Å². The van der Waals surface area contributed by atoms with Crippen LogP contribution in [0, 0.1) is 5.82 Å². The molecule has 1 aliphatic rings. The smallest absolute Gasteiger partial charge is 0.161 e. The molecule has 0 aliphatic heterocycles. The minimum absolute atomic E-state index is 0.277. The van der Waals surface area contributed by atoms with E-state index in [-0.39, 0.29) is 11.9 Å². The van der Waals surface area contributed by atoms with Crippen LogP contribution in [0.4, 0.5) is 10.2 Å². The lowest BCUT2D eigenvalue weighted by Gasteiger charge is -2.21. The van der Waals surface area contributed by atoms with Crippen molar-refractivity contribution in [3.8, 4) is 11.4 Å². The fourth-order valence-corrected chi connectivity index (χ4v) is 3.88. The molecule has 1 atom stereocenters. The predicted molar refractivity (Wildman–Crippen MR) is 113 cm³/mol. The van der Waals surface area contributed by atoms with Gasteiger partial charge in [0.25, 0.3) is 0 Å². The fraction of sp³-hybridized carbons (Fsp3) is 0.167. The summed E-state index contributed by atoms with van der Waals surface area (Å²) in [6.45, 7) is 0. The van der Waals surface area contributed by atoms with Crippen molar-refractivity contribution in [1.29, 1.82) is 0 Å². The van der Waals surface area contributed by atoms with E-state index in [0.29, 0.717) is 5.82 Å². The number of fused-ring (bicyclic) bond motifs is 1. The quantitative estimate of drug-likeness (QED) is 0.526. The van der Waals surface area contributed by atoms with Gasteiger partial charge in [0.1, 0.15) is 11.6 Å². The zero-order valence-corrected chi connectivity index (χ0v) is 16.3. The summed E-state index contributed by atoms with van der Waals surface area (Å²) in [5.74, 6) is 1.17. The average molecular weight is 397 g/mol. The minimum atomic E-state index is -0.327. The van der Waals surface area contributed by atoms with Gasteiger partial charge < -0.3 is 5.32 Å². The summed E-state index contributed by atoms with van der Waals surface area (Å²) >= 11 is 0. The lowest BCUT2D eigenvalue weighted by Crippen LogP contribution is -2.17. The minimum Gasteiger partial charge on any atom is -0.357 e. The van der Waals surface area contributed by atoms with E-state index in [2.05, 4.69) is 15.3 Å². The highest BCUT2D eigenvalue weighted by Crippen LogP contribution is 2.33. The Morgan fingerprint density at radius 3 is 2.60 bits per heavy atom. The van der Waals surface area contributed by atoms with E-state index in [4.69, 9.17) is 9.97 Å². The van der Waals surface area contributed by atoms with Gasteiger partial charge in [-0.3, -0.25) is 9.97 Å². The number of halogens is 1. The molecule has 5 rings (SSSR count). The maximum Gasteiger partial charge on any atom is 0.161 e. The highest BCUT2D eigenvalue weighted by atomic mass is 19.1. The second-order valence-electron chi connectivity index (χ2n) is 7.30. The Morgan fingerprint density at radius 2 is 1.80 bits per heavy atom. The second kappa shape index (κ2) is 7.99. The number of hydrogen-bond donors (Lipinski definition) is 1. The Morgan fingerprint density at radius 1 is 0.900 bits per heavy atom.